The maximum Gasteiger partial charge on any atom is 0.389 e. The number of halogens is 4. The zero-order valence-electron chi connectivity index (χ0n) is 11.9. The SMILES string of the molecule is CC(N)C(C)C(=O)Nc1ccc(CCC(F)(F)F)cc1.Cl. The van der Waals surface area contributed by atoms with E-state index in [2.05, 4.69) is 5.32 Å². The molecule has 7 heteroatoms. The maximum atomic E-state index is 12.1. The Balaban J connectivity index is 0.00000400. The highest BCUT2D eigenvalue weighted by Crippen LogP contribution is 2.22. The standard InChI is InChI=1S/C14H19F3N2O.ClH/c1-9(10(2)18)13(20)19-12-5-3-11(4-6-12)7-8-14(15,16)17;/h3-6,9-10H,7-8,18H2,1-2H3,(H,19,20);1H. The van der Waals surface area contributed by atoms with Crippen molar-refractivity contribution < 1.29 is 18.0 Å². The number of hydrogen-bond acceptors (Lipinski definition) is 2. The second-order valence-corrected chi connectivity index (χ2v) is 4.95. The molecule has 1 aromatic rings. The predicted octanol–water partition coefficient (Wildman–Crippen LogP) is 3.53. The molecule has 1 rings (SSSR count). The molecule has 0 aromatic heterocycles. The van der Waals surface area contributed by atoms with Crippen LogP contribution in [0.25, 0.3) is 0 Å². The second kappa shape index (κ2) is 8.24. The fourth-order valence-electron chi connectivity index (χ4n) is 1.54. The van der Waals surface area contributed by atoms with Gasteiger partial charge in [0.1, 0.15) is 0 Å². The third-order valence-electron chi connectivity index (χ3n) is 3.12. The summed E-state index contributed by atoms with van der Waals surface area (Å²) < 4.78 is 36.3. The van der Waals surface area contributed by atoms with Crippen LogP contribution in [0.15, 0.2) is 24.3 Å². The van der Waals surface area contributed by atoms with Gasteiger partial charge in [-0.2, -0.15) is 13.2 Å². The highest BCUT2D eigenvalue weighted by atomic mass is 35.5. The topological polar surface area (TPSA) is 55.1 Å². The van der Waals surface area contributed by atoms with Gasteiger partial charge in [-0.1, -0.05) is 19.1 Å². The van der Waals surface area contributed by atoms with E-state index in [1.807, 2.05) is 0 Å². The fourth-order valence-corrected chi connectivity index (χ4v) is 1.54. The average molecular weight is 325 g/mol. The summed E-state index contributed by atoms with van der Waals surface area (Å²) in [5.74, 6) is -0.539. The van der Waals surface area contributed by atoms with Gasteiger partial charge in [-0.05, 0) is 31.0 Å². The molecule has 0 saturated heterocycles. The molecular weight excluding hydrogens is 305 g/mol. The number of aryl methyl sites for hydroxylation is 1. The Bertz CT molecular complexity index is 447. The van der Waals surface area contributed by atoms with Gasteiger partial charge < -0.3 is 11.1 Å². The van der Waals surface area contributed by atoms with Crippen molar-refractivity contribution in [3.05, 3.63) is 29.8 Å². The quantitative estimate of drug-likeness (QED) is 0.870. The number of carbonyl (C=O) groups is 1. The normalized spacial score (nSPS) is 14.0. The molecule has 0 aliphatic heterocycles. The molecule has 3 N–H and O–H groups in total. The van der Waals surface area contributed by atoms with E-state index in [1.165, 1.54) is 0 Å². The molecule has 0 fully saturated rings. The van der Waals surface area contributed by atoms with Gasteiger partial charge in [-0.25, -0.2) is 0 Å². The van der Waals surface area contributed by atoms with Crippen LogP contribution in [-0.2, 0) is 11.2 Å². The highest BCUT2D eigenvalue weighted by Gasteiger charge is 2.26. The van der Waals surface area contributed by atoms with E-state index in [0.29, 0.717) is 11.3 Å². The number of nitrogens with one attached hydrogen (secondary N) is 1. The molecule has 0 aliphatic carbocycles. The van der Waals surface area contributed by atoms with Crippen molar-refractivity contribution in [3.63, 3.8) is 0 Å². The Morgan fingerprint density at radius 1 is 1.24 bits per heavy atom. The lowest BCUT2D eigenvalue weighted by Gasteiger charge is -2.15. The summed E-state index contributed by atoms with van der Waals surface area (Å²) in [5, 5.41) is 2.68. The lowest BCUT2D eigenvalue weighted by Crippen LogP contribution is -2.34. The van der Waals surface area contributed by atoms with E-state index in [0.717, 1.165) is 0 Å². The van der Waals surface area contributed by atoms with Crippen LogP contribution in [0.2, 0.25) is 0 Å². The number of benzene rings is 1. The van der Waals surface area contributed by atoms with Crippen molar-refractivity contribution in [2.75, 3.05) is 5.32 Å². The van der Waals surface area contributed by atoms with Crippen LogP contribution in [0.4, 0.5) is 18.9 Å². The van der Waals surface area contributed by atoms with Crippen LogP contribution in [0, 0.1) is 5.92 Å². The van der Waals surface area contributed by atoms with Crippen LogP contribution in [-0.4, -0.2) is 18.1 Å². The first-order chi connectivity index (χ1) is 9.19. The number of carbonyl (C=O) groups excluding carboxylic acids is 1. The Kier molecular flexibility index (Phi) is 7.74. The van der Waals surface area contributed by atoms with Gasteiger partial charge in [-0.15, -0.1) is 12.4 Å². The van der Waals surface area contributed by atoms with Gasteiger partial charge in [-0.3, -0.25) is 4.79 Å². The summed E-state index contributed by atoms with van der Waals surface area (Å²) in [6.07, 6.45) is -5.06. The number of rotatable bonds is 5. The lowest BCUT2D eigenvalue weighted by atomic mass is 10.0. The summed E-state index contributed by atoms with van der Waals surface area (Å²) in [7, 11) is 0. The summed E-state index contributed by atoms with van der Waals surface area (Å²) in [5.41, 5.74) is 6.77. The lowest BCUT2D eigenvalue weighted by molar-refractivity contribution is -0.134. The van der Waals surface area contributed by atoms with Gasteiger partial charge in [0.15, 0.2) is 0 Å². The molecule has 1 amide bonds. The van der Waals surface area contributed by atoms with E-state index in [9.17, 15) is 18.0 Å². The number of nitrogens with two attached hydrogens (primary N) is 1. The van der Waals surface area contributed by atoms with Crippen LogP contribution < -0.4 is 11.1 Å². The second-order valence-electron chi connectivity index (χ2n) is 4.95. The molecule has 0 saturated carbocycles. The first-order valence-corrected chi connectivity index (χ1v) is 6.41. The van der Waals surface area contributed by atoms with Crippen LogP contribution in [0.5, 0.6) is 0 Å². The van der Waals surface area contributed by atoms with Gasteiger partial charge >= 0.3 is 6.18 Å². The molecular formula is C14H20ClF3N2O. The van der Waals surface area contributed by atoms with E-state index < -0.39 is 12.6 Å². The van der Waals surface area contributed by atoms with E-state index in [1.54, 1.807) is 38.1 Å². The third-order valence-corrected chi connectivity index (χ3v) is 3.12. The monoisotopic (exact) mass is 324 g/mol. The molecule has 0 bridgehead atoms. The summed E-state index contributed by atoms with van der Waals surface area (Å²) >= 11 is 0. The highest BCUT2D eigenvalue weighted by molar-refractivity contribution is 5.92. The first kappa shape index (κ1) is 19.7. The number of amides is 1. The summed E-state index contributed by atoms with van der Waals surface area (Å²) in [6, 6.07) is 6.09. The van der Waals surface area contributed by atoms with E-state index in [4.69, 9.17) is 5.73 Å². The molecule has 120 valence electrons. The summed E-state index contributed by atoms with van der Waals surface area (Å²) in [4.78, 5) is 11.8. The third kappa shape index (κ3) is 7.34. The zero-order valence-corrected chi connectivity index (χ0v) is 12.7. The average Bonchev–Trinajstić information content (AvgIpc) is 2.36. The van der Waals surface area contributed by atoms with Crippen molar-refractivity contribution in [1.29, 1.82) is 0 Å². The number of hydrogen-bond donors (Lipinski definition) is 2. The number of alkyl halides is 3. The smallest absolute Gasteiger partial charge is 0.327 e. The van der Waals surface area contributed by atoms with Crippen molar-refractivity contribution in [2.45, 2.75) is 38.9 Å². The van der Waals surface area contributed by atoms with Crippen molar-refractivity contribution in [2.24, 2.45) is 11.7 Å². The molecule has 3 nitrogen and oxygen atoms in total. The van der Waals surface area contributed by atoms with Gasteiger partial charge in [0.05, 0.1) is 5.92 Å². The molecule has 0 radical (unpaired) electrons. The minimum atomic E-state index is -4.15. The van der Waals surface area contributed by atoms with Crippen LogP contribution >= 0.6 is 12.4 Å². The van der Waals surface area contributed by atoms with Crippen LogP contribution in [0.3, 0.4) is 0 Å². The van der Waals surface area contributed by atoms with Crippen molar-refractivity contribution in [1.82, 2.24) is 0 Å². The minimum absolute atomic E-state index is 0. The molecule has 0 aliphatic rings. The van der Waals surface area contributed by atoms with Crippen molar-refractivity contribution >= 4 is 24.0 Å². The Hall–Kier alpha value is -1.27. The predicted molar refractivity (Wildman–Crippen MR) is 79.5 cm³/mol. The molecule has 0 spiro atoms. The van der Waals surface area contributed by atoms with E-state index in [-0.39, 0.29) is 36.7 Å². The van der Waals surface area contributed by atoms with E-state index >= 15 is 0 Å². The molecule has 2 atom stereocenters. The zero-order chi connectivity index (χ0) is 15.3. The minimum Gasteiger partial charge on any atom is -0.327 e. The number of anilines is 1. The Labute approximate surface area is 128 Å². The Morgan fingerprint density at radius 3 is 2.19 bits per heavy atom. The van der Waals surface area contributed by atoms with Gasteiger partial charge in [0, 0.05) is 18.2 Å². The van der Waals surface area contributed by atoms with Crippen molar-refractivity contribution in [3.8, 4) is 0 Å². The van der Waals surface area contributed by atoms with Crippen LogP contribution in [0.1, 0.15) is 25.8 Å². The Morgan fingerprint density at radius 2 is 1.76 bits per heavy atom. The largest absolute Gasteiger partial charge is 0.389 e. The molecule has 0 heterocycles. The molecule has 2 unspecified atom stereocenters. The van der Waals surface area contributed by atoms with Gasteiger partial charge in [0.25, 0.3) is 0 Å². The molecule has 1 aromatic carbocycles. The maximum absolute atomic E-state index is 12.1. The first-order valence-electron chi connectivity index (χ1n) is 6.41. The molecule has 21 heavy (non-hydrogen) atoms. The van der Waals surface area contributed by atoms with Gasteiger partial charge in [0.2, 0.25) is 5.91 Å². The fraction of sp³-hybridized carbons (Fsp3) is 0.500. The summed E-state index contributed by atoms with van der Waals surface area (Å²) in [6.45, 7) is 3.46.